The lowest BCUT2D eigenvalue weighted by atomic mass is 10.0. The van der Waals surface area contributed by atoms with E-state index in [-0.39, 0.29) is 5.69 Å². The van der Waals surface area contributed by atoms with Crippen LogP contribution in [-0.4, -0.2) is 28.2 Å². The van der Waals surface area contributed by atoms with Gasteiger partial charge in [-0.2, -0.15) is 10.2 Å². The molecule has 8 nitrogen and oxygen atoms in total. The molecule has 3 N–H and O–H groups in total. The fourth-order valence-electron chi connectivity index (χ4n) is 3.20. The minimum absolute atomic E-state index is 0.189. The van der Waals surface area contributed by atoms with E-state index in [0.717, 1.165) is 5.56 Å². The van der Waals surface area contributed by atoms with Crippen molar-refractivity contribution >= 4 is 40.4 Å². The molecule has 0 aliphatic carbocycles. The predicted octanol–water partition coefficient (Wildman–Crippen LogP) is 3.20. The normalized spacial score (nSPS) is 11.9. The number of fused-ring (bicyclic) bond motifs is 1. The van der Waals surface area contributed by atoms with Crippen molar-refractivity contribution in [1.82, 2.24) is 20.9 Å². The van der Waals surface area contributed by atoms with Gasteiger partial charge in [-0.05, 0) is 35.9 Å². The molecule has 0 saturated carbocycles. The van der Waals surface area contributed by atoms with Gasteiger partial charge in [0.25, 0.3) is 17.4 Å². The third kappa shape index (κ3) is 5.13. The number of nitrogens with zero attached hydrogens (tertiary/aromatic N) is 2. The number of hydrogen-bond acceptors (Lipinski definition) is 5. The number of benzene rings is 3. The summed E-state index contributed by atoms with van der Waals surface area (Å²) in [6.45, 7) is 0. The zero-order valence-corrected chi connectivity index (χ0v) is 17.9. The Labute approximate surface area is 193 Å². The lowest BCUT2D eigenvalue weighted by Gasteiger charge is -2.18. The molecule has 0 fully saturated rings. The summed E-state index contributed by atoms with van der Waals surface area (Å²) in [5, 5.41) is 14.5. The molecule has 1 heterocycles. The molecule has 1 atom stereocenters. The first kappa shape index (κ1) is 21.9. The first-order valence-electron chi connectivity index (χ1n) is 9.94. The van der Waals surface area contributed by atoms with Crippen LogP contribution in [0, 0.1) is 0 Å². The summed E-state index contributed by atoms with van der Waals surface area (Å²) in [5.41, 5.74) is 3.31. The second-order valence-electron chi connectivity index (χ2n) is 7.04. The van der Waals surface area contributed by atoms with Gasteiger partial charge in [0.2, 0.25) is 0 Å². The van der Waals surface area contributed by atoms with E-state index in [1.54, 1.807) is 78.9 Å². The number of H-pyrrole nitrogens is 1. The minimum atomic E-state index is -1.22. The van der Waals surface area contributed by atoms with Crippen LogP contribution in [0.25, 0.3) is 10.8 Å². The third-order valence-electron chi connectivity index (χ3n) is 4.83. The fourth-order valence-corrected chi connectivity index (χ4v) is 3.33. The molecule has 33 heavy (non-hydrogen) atoms. The Morgan fingerprint density at radius 1 is 0.939 bits per heavy atom. The molecule has 4 rings (SSSR count). The van der Waals surface area contributed by atoms with Gasteiger partial charge < -0.3 is 5.32 Å². The molecular formula is C24H18ClN5O3. The Kier molecular flexibility index (Phi) is 6.56. The summed E-state index contributed by atoms with van der Waals surface area (Å²) in [6, 6.07) is 20.8. The van der Waals surface area contributed by atoms with E-state index in [2.05, 4.69) is 26.0 Å². The number of hydrazone groups is 1. The highest BCUT2D eigenvalue weighted by molar-refractivity contribution is 6.30. The highest BCUT2D eigenvalue weighted by atomic mass is 35.5. The molecule has 9 heteroatoms. The zero-order chi connectivity index (χ0) is 23.2. The number of halogens is 1. The van der Waals surface area contributed by atoms with Crippen molar-refractivity contribution in [3.8, 4) is 0 Å². The van der Waals surface area contributed by atoms with Crippen molar-refractivity contribution in [2.45, 2.75) is 6.04 Å². The molecule has 164 valence electrons. The summed E-state index contributed by atoms with van der Waals surface area (Å²) >= 11 is 5.88. The molecule has 4 aromatic rings. The molecule has 1 aromatic heterocycles. The quantitative estimate of drug-likeness (QED) is 0.303. The van der Waals surface area contributed by atoms with Crippen molar-refractivity contribution in [3.05, 3.63) is 111 Å². The highest BCUT2D eigenvalue weighted by Crippen LogP contribution is 2.20. The standard InChI is InChI=1S/C24H18ClN5O3/c25-17-12-10-15(11-13-17)14-26-29-24(33)21(27-22(31)16-6-2-1-3-7-16)20-18-8-4-5-9-19(18)23(32)30-28-20/h1-14,21H,(H,27,31)(H,29,33)(H,30,32)/t21-/m0/s1. The van der Waals surface area contributed by atoms with Crippen LogP contribution in [0.1, 0.15) is 27.7 Å². The highest BCUT2D eigenvalue weighted by Gasteiger charge is 2.27. The van der Waals surface area contributed by atoms with E-state index < -0.39 is 23.4 Å². The molecule has 0 bridgehead atoms. The number of nitrogens with one attached hydrogen (secondary N) is 3. The lowest BCUT2D eigenvalue weighted by Crippen LogP contribution is -2.40. The molecule has 0 aliphatic heterocycles. The number of aromatic nitrogens is 2. The van der Waals surface area contributed by atoms with Gasteiger partial charge in [-0.3, -0.25) is 14.4 Å². The molecule has 0 spiro atoms. The number of carbonyl (C=O) groups excluding carboxylic acids is 2. The molecular weight excluding hydrogens is 442 g/mol. The largest absolute Gasteiger partial charge is 0.335 e. The van der Waals surface area contributed by atoms with E-state index in [0.29, 0.717) is 21.4 Å². The van der Waals surface area contributed by atoms with Gasteiger partial charge in [0, 0.05) is 16.0 Å². The van der Waals surface area contributed by atoms with Gasteiger partial charge in [-0.15, -0.1) is 0 Å². The second-order valence-corrected chi connectivity index (χ2v) is 7.48. The topological polar surface area (TPSA) is 116 Å². The number of carbonyl (C=O) groups is 2. The molecule has 0 unspecified atom stereocenters. The van der Waals surface area contributed by atoms with Crippen LogP contribution in [0.2, 0.25) is 5.02 Å². The zero-order valence-electron chi connectivity index (χ0n) is 17.2. The Morgan fingerprint density at radius 3 is 2.33 bits per heavy atom. The van der Waals surface area contributed by atoms with Crippen molar-refractivity contribution in [2.24, 2.45) is 5.10 Å². The van der Waals surface area contributed by atoms with E-state index in [1.807, 2.05) is 0 Å². The van der Waals surface area contributed by atoms with Crippen LogP contribution in [0.15, 0.2) is 88.8 Å². The molecule has 0 radical (unpaired) electrons. The SMILES string of the molecule is O=C(N[C@H](C(=O)NN=Cc1ccc(Cl)cc1)c1n[nH]c(=O)c2ccccc12)c1ccccc1. The molecule has 0 saturated heterocycles. The summed E-state index contributed by atoms with van der Waals surface area (Å²) < 4.78 is 0. The third-order valence-corrected chi connectivity index (χ3v) is 5.08. The smallest absolute Gasteiger partial charge is 0.272 e. The van der Waals surface area contributed by atoms with Crippen LogP contribution in [0.3, 0.4) is 0 Å². The Bertz CT molecular complexity index is 1380. The Morgan fingerprint density at radius 2 is 1.61 bits per heavy atom. The maximum absolute atomic E-state index is 13.1. The average molecular weight is 460 g/mol. The molecule has 3 aromatic carbocycles. The predicted molar refractivity (Wildman–Crippen MR) is 126 cm³/mol. The van der Waals surface area contributed by atoms with Crippen molar-refractivity contribution in [2.75, 3.05) is 0 Å². The fraction of sp³-hybridized carbons (Fsp3) is 0.0417. The van der Waals surface area contributed by atoms with Crippen LogP contribution < -0.4 is 16.3 Å². The van der Waals surface area contributed by atoms with Gasteiger partial charge in [-0.25, -0.2) is 10.5 Å². The summed E-state index contributed by atoms with van der Waals surface area (Å²) in [4.78, 5) is 38.1. The Balaban J connectivity index is 1.66. The Hall–Kier alpha value is -4.30. The maximum Gasteiger partial charge on any atom is 0.272 e. The number of rotatable bonds is 6. The van der Waals surface area contributed by atoms with Crippen molar-refractivity contribution < 1.29 is 9.59 Å². The summed E-state index contributed by atoms with van der Waals surface area (Å²) in [7, 11) is 0. The van der Waals surface area contributed by atoms with Crippen molar-refractivity contribution in [1.29, 1.82) is 0 Å². The lowest BCUT2D eigenvalue weighted by molar-refractivity contribution is -0.123. The van der Waals surface area contributed by atoms with E-state index in [9.17, 15) is 14.4 Å². The molecule has 0 aliphatic rings. The van der Waals surface area contributed by atoms with E-state index in [1.165, 1.54) is 6.21 Å². The van der Waals surface area contributed by atoms with Crippen LogP contribution in [0.5, 0.6) is 0 Å². The second kappa shape index (κ2) is 9.88. The van der Waals surface area contributed by atoms with Crippen LogP contribution in [0.4, 0.5) is 0 Å². The maximum atomic E-state index is 13.1. The van der Waals surface area contributed by atoms with Crippen molar-refractivity contribution in [3.63, 3.8) is 0 Å². The van der Waals surface area contributed by atoms with Gasteiger partial charge in [0.05, 0.1) is 11.6 Å². The van der Waals surface area contributed by atoms with Crippen LogP contribution >= 0.6 is 11.6 Å². The number of hydrogen-bond donors (Lipinski definition) is 3. The van der Waals surface area contributed by atoms with Gasteiger partial charge in [0.1, 0.15) is 5.69 Å². The van der Waals surface area contributed by atoms with E-state index >= 15 is 0 Å². The molecule has 2 amide bonds. The number of amides is 2. The first-order chi connectivity index (χ1) is 16.0. The monoisotopic (exact) mass is 459 g/mol. The van der Waals surface area contributed by atoms with Crippen LogP contribution in [-0.2, 0) is 4.79 Å². The number of aromatic amines is 1. The first-order valence-corrected chi connectivity index (χ1v) is 10.3. The van der Waals surface area contributed by atoms with E-state index in [4.69, 9.17) is 11.6 Å². The average Bonchev–Trinajstić information content (AvgIpc) is 2.85. The van der Waals surface area contributed by atoms with Gasteiger partial charge >= 0.3 is 0 Å². The minimum Gasteiger partial charge on any atom is -0.335 e. The van der Waals surface area contributed by atoms with Gasteiger partial charge in [0.15, 0.2) is 6.04 Å². The van der Waals surface area contributed by atoms with Gasteiger partial charge in [-0.1, -0.05) is 60.1 Å². The summed E-state index contributed by atoms with van der Waals surface area (Å²) in [5.74, 6) is -1.11. The summed E-state index contributed by atoms with van der Waals surface area (Å²) in [6.07, 6.45) is 1.45.